The zero-order valence-electron chi connectivity index (χ0n) is 15.6. The molecule has 1 heterocycles. The van der Waals surface area contributed by atoms with Crippen LogP contribution in [-0.2, 0) is 5.41 Å². The zero-order valence-corrected chi connectivity index (χ0v) is 15.6. The quantitative estimate of drug-likeness (QED) is 0.879. The first-order valence-electron chi connectivity index (χ1n) is 7.75. The molecule has 0 atom stereocenters. The summed E-state index contributed by atoms with van der Waals surface area (Å²) in [5.41, 5.74) is 6.51. The lowest BCUT2D eigenvalue weighted by Gasteiger charge is -2.34. The number of hydrogen-bond acceptors (Lipinski definition) is 5. The zero-order chi connectivity index (χ0) is 17.3. The molecule has 0 aliphatic carbocycles. The highest BCUT2D eigenvalue weighted by atomic mass is 16.5. The van der Waals surface area contributed by atoms with Gasteiger partial charge in [0.05, 0.1) is 7.11 Å². The summed E-state index contributed by atoms with van der Waals surface area (Å²) in [5, 5.41) is 3.47. The van der Waals surface area contributed by atoms with Gasteiger partial charge in [0, 0.05) is 11.0 Å². The van der Waals surface area contributed by atoms with E-state index in [-0.39, 0.29) is 16.4 Å². The first-order chi connectivity index (χ1) is 9.75. The van der Waals surface area contributed by atoms with Crippen molar-refractivity contribution in [3.8, 4) is 5.88 Å². The van der Waals surface area contributed by atoms with E-state index < -0.39 is 0 Å². The summed E-state index contributed by atoms with van der Waals surface area (Å²) >= 11 is 0. The number of ether oxygens (including phenoxy) is 1. The standard InChI is InChI=1S/C17H32N4O/c1-15(2,3)10-17(7,8)21-12-11(18)13(22-9)20-14(19-12)16(4,5)6/h10,18H2,1-9H3,(H,19,20,21). The Morgan fingerprint density at radius 1 is 1.00 bits per heavy atom. The molecule has 0 saturated carbocycles. The van der Waals surface area contributed by atoms with Gasteiger partial charge in [0.1, 0.15) is 11.5 Å². The molecule has 0 aromatic carbocycles. The van der Waals surface area contributed by atoms with E-state index >= 15 is 0 Å². The first kappa shape index (κ1) is 18.5. The molecule has 5 nitrogen and oxygen atoms in total. The number of aromatic nitrogens is 2. The Hall–Kier alpha value is -1.52. The minimum Gasteiger partial charge on any atom is -0.479 e. The minimum atomic E-state index is -0.175. The maximum atomic E-state index is 6.16. The van der Waals surface area contributed by atoms with Gasteiger partial charge in [-0.15, -0.1) is 0 Å². The highest BCUT2D eigenvalue weighted by Gasteiger charge is 2.28. The Morgan fingerprint density at radius 2 is 1.55 bits per heavy atom. The van der Waals surface area contributed by atoms with Crippen LogP contribution in [0, 0.1) is 5.41 Å². The fourth-order valence-electron chi connectivity index (χ4n) is 2.73. The Bertz CT molecular complexity index is 525. The van der Waals surface area contributed by atoms with Gasteiger partial charge in [-0.25, -0.2) is 4.98 Å². The number of methoxy groups -OCH3 is 1. The predicted octanol–water partition coefficient (Wildman–Crippen LogP) is 3.99. The summed E-state index contributed by atoms with van der Waals surface area (Å²) in [7, 11) is 1.58. The fourth-order valence-corrected chi connectivity index (χ4v) is 2.73. The number of nitrogens with two attached hydrogens (primary N) is 1. The van der Waals surface area contributed by atoms with Gasteiger partial charge < -0.3 is 15.8 Å². The normalized spacial score (nSPS) is 13.1. The first-order valence-corrected chi connectivity index (χ1v) is 7.75. The molecule has 1 rings (SSSR count). The second kappa shape index (κ2) is 5.94. The van der Waals surface area contributed by atoms with Crippen molar-refractivity contribution in [3.63, 3.8) is 0 Å². The fraction of sp³-hybridized carbons (Fsp3) is 0.765. The lowest BCUT2D eigenvalue weighted by Crippen LogP contribution is -2.36. The van der Waals surface area contributed by atoms with E-state index in [9.17, 15) is 0 Å². The van der Waals surface area contributed by atoms with Gasteiger partial charge in [0.2, 0.25) is 5.88 Å². The molecule has 0 spiro atoms. The van der Waals surface area contributed by atoms with Crippen LogP contribution in [0.1, 0.15) is 67.6 Å². The van der Waals surface area contributed by atoms with Crippen LogP contribution in [0.2, 0.25) is 0 Å². The van der Waals surface area contributed by atoms with Crippen molar-refractivity contribution in [3.05, 3.63) is 5.82 Å². The Morgan fingerprint density at radius 3 is 1.95 bits per heavy atom. The van der Waals surface area contributed by atoms with Crippen LogP contribution in [0.3, 0.4) is 0 Å². The lowest BCUT2D eigenvalue weighted by molar-refractivity contribution is 0.301. The Balaban J connectivity index is 3.23. The topological polar surface area (TPSA) is 73.1 Å². The number of nitrogen functional groups attached to an aromatic ring is 1. The van der Waals surface area contributed by atoms with Gasteiger partial charge in [-0.3, -0.25) is 0 Å². The number of nitrogens with zero attached hydrogens (tertiary/aromatic N) is 2. The Kier molecular flexibility index (Phi) is 5.00. The van der Waals surface area contributed by atoms with E-state index in [4.69, 9.17) is 10.5 Å². The van der Waals surface area contributed by atoms with Crippen molar-refractivity contribution in [2.24, 2.45) is 5.41 Å². The third-order valence-electron chi connectivity index (χ3n) is 3.20. The van der Waals surface area contributed by atoms with Crippen molar-refractivity contribution < 1.29 is 4.74 Å². The van der Waals surface area contributed by atoms with E-state index in [0.717, 1.165) is 6.42 Å². The summed E-state index contributed by atoms with van der Waals surface area (Å²) in [6.07, 6.45) is 0.983. The van der Waals surface area contributed by atoms with Crippen LogP contribution in [0.25, 0.3) is 0 Å². The van der Waals surface area contributed by atoms with Crippen LogP contribution in [-0.4, -0.2) is 22.6 Å². The van der Waals surface area contributed by atoms with Gasteiger partial charge in [0.25, 0.3) is 0 Å². The number of nitrogens with one attached hydrogen (secondary N) is 1. The summed E-state index contributed by atoms with van der Waals surface area (Å²) in [6, 6.07) is 0. The molecule has 0 aliphatic heterocycles. The second-order valence-electron chi connectivity index (χ2n) is 8.82. The van der Waals surface area contributed by atoms with Crippen LogP contribution in [0.15, 0.2) is 0 Å². The van der Waals surface area contributed by atoms with Crippen molar-refractivity contribution >= 4 is 11.5 Å². The van der Waals surface area contributed by atoms with Gasteiger partial charge in [0.15, 0.2) is 5.82 Å². The van der Waals surface area contributed by atoms with E-state index in [0.29, 0.717) is 23.2 Å². The average molecular weight is 308 g/mol. The molecule has 0 bridgehead atoms. The molecule has 0 radical (unpaired) electrons. The SMILES string of the molecule is COc1nc(C(C)(C)C)nc(NC(C)(C)CC(C)(C)C)c1N. The smallest absolute Gasteiger partial charge is 0.242 e. The molecule has 0 aliphatic rings. The van der Waals surface area contributed by atoms with Gasteiger partial charge in [-0.1, -0.05) is 41.5 Å². The van der Waals surface area contributed by atoms with E-state index in [1.165, 1.54) is 0 Å². The molecular weight excluding hydrogens is 276 g/mol. The molecule has 0 saturated heterocycles. The van der Waals surface area contributed by atoms with Crippen LogP contribution in [0.4, 0.5) is 11.5 Å². The van der Waals surface area contributed by atoms with Crippen LogP contribution >= 0.6 is 0 Å². The van der Waals surface area contributed by atoms with E-state index in [1.807, 2.05) is 0 Å². The predicted molar refractivity (Wildman–Crippen MR) is 93.5 cm³/mol. The molecule has 126 valence electrons. The highest BCUT2D eigenvalue weighted by Crippen LogP contribution is 2.34. The monoisotopic (exact) mass is 308 g/mol. The van der Waals surface area contributed by atoms with Gasteiger partial charge in [-0.2, -0.15) is 4.98 Å². The minimum absolute atomic E-state index is 0.138. The highest BCUT2D eigenvalue weighted by molar-refractivity contribution is 5.67. The van der Waals surface area contributed by atoms with Crippen molar-refractivity contribution in [2.45, 2.75) is 72.8 Å². The second-order valence-corrected chi connectivity index (χ2v) is 8.82. The Labute approximate surface area is 135 Å². The molecule has 1 aromatic heterocycles. The van der Waals surface area contributed by atoms with Crippen molar-refractivity contribution in [1.29, 1.82) is 0 Å². The molecule has 0 fully saturated rings. The number of anilines is 2. The third kappa shape index (κ3) is 5.04. The molecule has 1 aromatic rings. The van der Waals surface area contributed by atoms with Crippen molar-refractivity contribution in [1.82, 2.24) is 9.97 Å². The summed E-state index contributed by atoms with van der Waals surface area (Å²) in [5.74, 6) is 1.78. The number of rotatable bonds is 4. The number of hydrogen-bond donors (Lipinski definition) is 2. The molecule has 3 N–H and O–H groups in total. The molecule has 22 heavy (non-hydrogen) atoms. The molecule has 0 amide bonds. The van der Waals surface area contributed by atoms with Crippen molar-refractivity contribution in [2.75, 3.05) is 18.2 Å². The van der Waals surface area contributed by atoms with E-state index in [2.05, 4.69) is 70.7 Å². The maximum absolute atomic E-state index is 6.16. The van der Waals surface area contributed by atoms with Crippen LogP contribution in [0.5, 0.6) is 5.88 Å². The largest absolute Gasteiger partial charge is 0.479 e. The summed E-state index contributed by atoms with van der Waals surface area (Å²) < 4.78 is 5.32. The lowest BCUT2D eigenvalue weighted by atomic mass is 9.82. The molecular formula is C17H32N4O. The maximum Gasteiger partial charge on any atom is 0.242 e. The molecule has 5 heteroatoms. The summed E-state index contributed by atoms with van der Waals surface area (Å²) in [4.78, 5) is 9.07. The summed E-state index contributed by atoms with van der Waals surface area (Å²) in [6.45, 7) is 17.2. The van der Waals surface area contributed by atoms with Gasteiger partial charge >= 0.3 is 0 Å². The van der Waals surface area contributed by atoms with Crippen LogP contribution < -0.4 is 15.8 Å². The third-order valence-corrected chi connectivity index (χ3v) is 3.20. The van der Waals surface area contributed by atoms with E-state index in [1.54, 1.807) is 7.11 Å². The molecule has 0 unspecified atom stereocenters. The van der Waals surface area contributed by atoms with Gasteiger partial charge in [-0.05, 0) is 25.7 Å². The average Bonchev–Trinajstić information content (AvgIpc) is 2.26.